The molecule has 9 rings (SSSR count). The van der Waals surface area contributed by atoms with Crippen LogP contribution in [0.4, 0.5) is 17.1 Å². The van der Waals surface area contributed by atoms with Crippen LogP contribution in [0.3, 0.4) is 0 Å². The van der Waals surface area contributed by atoms with Gasteiger partial charge < -0.3 is 4.90 Å². The van der Waals surface area contributed by atoms with Gasteiger partial charge in [0, 0.05) is 25.1 Å². The van der Waals surface area contributed by atoms with E-state index < -0.39 is 10.0 Å². The van der Waals surface area contributed by atoms with E-state index in [1.165, 1.54) is 19.6 Å². The van der Waals surface area contributed by atoms with Crippen molar-refractivity contribution in [3.8, 4) is 22.3 Å². The van der Waals surface area contributed by atoms with Crippen LogP contribution in [0.2, 0.25) is 0 Å². The zero-order chi connectivity index (χ0) is 29.3. The molecule has 44 heavy (non-hydrogen) atoms. The fourth-order valence-electron chi connectivity index (χ4n) is 7.26. The molecule has 0 atom stereocenters. The first-order chi connectivity index (χ1) is 21.8. The molecule has 0 bridgehead atoms. The van der Waals surface area contributed by atoms with Crippen molar-refractivity contribution >= 4 is 32.9 Å². The van der Waals surface area contributed by atoms with Crippen LogP contribution in [-0.4, -0.2) is 5.78 Å². The fourth-order valence-corrected chi connectivity index (χ4v) is 11.4. The van der Waals surface area contributed by atoms with E-state index in [-0.39, 0.29) is 5.78 Å². The normalized spacial score (nSPS) is 14.8. The predicted octanol–water partition coefficient (Wildman–Crippen LogP) is 11.1. The van der Waals surface area contributed by atoms with Gasteiger partial charge in [-0.3, -0.25) is 4.79 Å². The van der Waals surface area contributed by atoms with Crippen molar-refractivity contribution in [3.05, 3.63) is 175 Å². The quantitative estimate of drug-likeness (QED) is 0.207. The molecule has 4 aliphatic rings. The van der Waals surface area contributed by atoms with Gasteiger partial charge in [-0.25, -0.2) is 0 Å². The van der Waals surface area contributed by atoms with Crippen molar-refractivity contribution in [2.45, 2.75) is 19.6 Å². The molecule has 0 fully saturated rings. The minimum atomic E-state index is -1.85. The Balaban J connectivity index is 1.35. The summed E-state index contributed by atoms with van der Waals surface area (Å²) in [4.78, 5) is 22.0. The molecule has 2 nitrogen and oxygen atoms in total. The van der Waals surface area contributed by atoms with E-state index in [0.29, 0.717) is 0 Å². The molecule has 208 valence electrons. The Bertz CT molecular complexity index is 2120. The molecule has 5 aromatic rings. The maximum Gasteiger partial charge on any atom is 0.197 e. The van der Waals surface area contributed by atoms with Gasteiger partial charge in [-0.15, -0.1) is 10.0 Å². The van der Waals surface area contributed by atoms with E-state index in [1.54, 1.807) is 0 Å². The number of carbonyl (C=O) groups excluding carboxylic acids is 1. The summed E-state index contributed by atoms with van der Waals surface area (Å²) in [5.74, 6) is 0.0945. The highest BCUT2D eigenvalue weighted by Crippen LogP contribution is 2.79. The lowest BCUT2D eigenvalue weighted by Crippen LogP contribution is -2.23. The van der Waals surface area contributed by atoms with Crippen LogP contribution in [0, 0.1) is 0 Å². The molecule has 1 heterocycles. The molecule has 0 radical (unpaired) electrons. The first-order valence-corrected chi connectivity index (χ1v) is 16.5. The summed E-state index contributed by atoms with van der Waals surface area (Å²) in [6, 6.07) is 58.2. The number of fused-ring (bicyclic) bond motifs is 7. The highest BCUT2D eigenvalue weighted by atomic mass is 32.3. The Morgan fingerprint density at radius 1 is 0.409 bits per heavy atom. The van der Waals surface area contributed by atoms with Gasteiger partial charge in [0.25, 0.3) is 0 Å². The minimum Gasteiger partial charge on any atom is -0.308 e. The number of hydrogen-bond acceptors (Lipinski definition) is 2. The third-order valence-corrected chi connectivity index (χ3v) is 13.0. The van der Waals surface area contributed by atoms with Gasteiger partial charge in [-0.1, -0.05) is 103 Å². The Labute approximate surface area is 258 Å². The van der Waals surface area contributed by atoms with E-state index in [2.05, 4.69) is 150 Å². The molecule has 0 unspecified atom stereocenters. The van der Waals surface area contributed by atoms with E-state index in [1.807, 2.05) is 18.2 Å². The third kappa shape index (κ3) is 3.30. The van der Waals surface area contributed by atoms with E-state index >= 15 is 0 Å². The summed E-state index contributed by atoms with van der Waals surface area (Å²) in [5, 5.41) is 0. The van der Waals surface area contributed by atoms with E-state index in [9.17, 15) is 4.79 Å². The number of para-hydroxylation sites is 2. The number of ketones is 1. The molecule has 0 N–H and O–H groups in total. The smallest absolute Gasteiger partial charge is 0.197 e. The first-order valence-electron chi connectivity index (χ1n) is 14.9. The molecule has 0 amide bonds. The van der Waals surface area contributed by atoms with Gasteiger partial charge in [0.2, 0.25) is 0 Å². The molecule has 3 aliphatic carbocycles. The molecule has 5 aromatic carbocycles. The average molecular weight is 582 g/mol. The summed E-state index contributed by atoms with van der Waals surface area (Å²) in [6.45, 7) is 0. The lowest BCUT2D eigenvalue weighted by molar-refractivity contribution is 0.104. The fraction of sp³-hybridized carbons (Fsp3) is 0. The zero-order valence-electron chi connectivity index (χ0n) is 23.9. The average Bonchev–Trinajstić information content (AvgIpc) is 3.47. The number of nitrogens with zero attached hydrogens (tertiary/aromatic N) is 1. The maximum absolute atomic E-state index is 14.5. The summed E-state index contributed by atoms with van der Waals surface area (Å²) < 4.78 is 0. The first kappa shape index (κ1) is 25.1. The number of hydrogen-bond donors (Lipinski definition) is 0. The van der Waals surface area contributed by atoms with Crippen LogP contribution < -0.4 is 4.90 Å². The molecule has 0 saturated carbocycles. The summed E-state index contributed by atoms with van der Waals surface area (Å²) in [7, 11) is -1.85. The molecule has 1 aliphatic heterocycles. The standard InChI is InChI=1S/C41H27NOS/c43-41-39-31-20-9-1-4-15-28(31)27-33(39)32-21-14-24-36(40(32)41)42-34-22-10-12-25-37(34)44(29-16-5-2-6-17-29,30-18-7-3-8-19-30)38-26-13-11-23-35(38)42/h1-27H. The molecule has 0 aromatic heterocycles. The van der Waals surface area contributed by atoms with Gasteiger partial charge in [0.05, 0.1) is 22.6 Å². The van der Waals surface area contributed by atoms with Crippen molar-refractivity contribution in [2.75, 3.05) is 4.90 Å². The second kappa shape index (κ2) is 9.57. The second-order valence-corrected chi connectivity index (χ2v) is 14.3. The summed E-state index contributed by atoms with van der Waals surface area (Å²) in [5.41, 5.74) is 8.86. The number of carbonyl (C=O) groups is 1. The van der Waals surface area contributed by atoms with Crippen LogP contribution in [0.25, 0.3) is 22.3 Å². The van der Waals surface area contributed by atoms with Crippen molar-refractivity contribution in [3.63, 3.8) is 0 Å². The zero-order valence-corrected chi connectivity index (χ0v) is 24.7. The van der Waals surface area contributed by atoms with Gasteiger partial charge in [0.1, 0.15) is 0 Å². The minimum absolute atomic E-state index is 0.0945. The van der Waals surface area contributed by atoms with E-state index in [4.69, 9.17) is 0 Å². The third-order valence-electron chi connectivity index (χ3n) is 9.00. The van der Waals surface area contributed by atoms with Crippen LogP contribution in [0.15, 0.2) is 183 Å². The van der Waals surface area contributed by atoms with Crippen LogP contribution in [0.5, 0.6) is 0 Å². The molecular formula is C41H27NOS. The van der Waals surface area contributed by atoms with Crippen molar-refractivity contribution in [1.29, 1.82) is 0 Å². The number of rotatable bonds is 3. The Kier molecular flexibility index (Phi) is 5.47. The largest absolute Gasteiger partial charge is 0.308 e. The highest BCUT2D eigenvalue weighted by Gasteiger charge is 2.44. The van der Waals surface area contributed by atoms with Crippen LogP contribution in [-0.2, 0) is 0 Å². The lowest BCUT2D eigenvalue weighted by atomic mass is 10.0. The Morgan fingerprint density at radius 3 is 1.55 bits per heavy atom. The van der Waals surface area contributed by atoms with Gasteiger partial charge in [0.15, 0.2) is 5.78 Å². The van der Waals surface area contributed by atoms with Gasteiger partial charge >= 0.3 is 0 Å². The molecule has 0 saturated heterocycles. The van der Waals surface area contributed by atoms with Crippen LogP contribution >= 0.6 is 10.0 Å². The number of benzene rings is 5. The topological polar surface area (TPSA) is 20.3 Å². The Morgan fingerprint density at radius 2 is 0.909 bits per heavy atom. The molecule has 0 spiro atoms. The van der Waals surface area contributed by atoms with Gasteiger partial charge in [-0.2, -0.15) is 0 Å². The van der Waals surface area contributed by atoms with Crippen molar-refractivity contribution < 1.29 is 4.79 Å². The van der Waals surface area contributed by atoms with E-state index in [0.717, 1.165) is 50.4 Å². The predicted molar refractivity (Wildman–Crippen MR) is 180 cm³/mol. The Hall–Kier alpha value is -5.38. The highest BCUT2D eigenvalue weighted by molar-refractivity contribution is 8.34. The SMILES string of the molecule is O=C1c2c3cccccc-3cc2-c2cccc(N3c4ccccc4S(c4ccccc4)(c4ccccc4)c4ccccc43)c21. The lowest BCUT2D eigenvalue weighted by Gasteiger charge is -2.50. The maximum atomic E-state index is 14.5. The van der Waals surface area contributed by atoms with Crippen molar-refractivity contribution in [1.82, 2.24) is 0 Å². The second-order valence-electron chi connectivity index (χ2n) is 11.3. The van der Waals surface area contributed by atoms with Crippen molar-refractivity contribution in [2.24, 2.45) is 0 Å². The molecule has 3 heteroatoms. The number of anilines is 3. The summed E-state index contributed by atoms with van der Waals surface area (Å²) >= 11 is 0. The molecular weight excluding hydrogens is 555 g/mol. The monoisotopic (exact) mass is 581 g/mol. The van der Waals surface area contributed by atoms with Gasteiger partial charge in [-0.05, 0) is 82.9 Å². The van der Waals surface area contributed by atoms with Crippen LogP contribution in [0.1, 0.15) is 15.9 Å². The summed E-state index contributed by atoms with van der Waals surface area (Å²) in [6.07, 6.45) is 0.